The van der Waals surface area contributed by atoms with Gasteiger partial charge in [0, 0.05) is 27.2 Å². The molecule has 1 atom stereocenters. The molecule has 7 nitrogen and oxygen atoms in total. The average molecular weight is 379 g/mol. The Morgan fingerprint density at radius 1 is 1.31 bits per heavy atom. The van der Waals surface area contributed by atoms with Gasteiger partial charge in [-0.3, -0.25) is 9.36 Å². The Kier molecular flexibility index (Phi) is 5.77. The van der Waals surface area contributed by atoms with Gasteiger partial charge in [-0.1, -0.05) is 17.8 Å². The number of amides is 1. The molecule has 0 aliphatic carbocycles. The van der Waals surface area contributed by atoms with Gasteiger partial charge in [0.2, 0.25) is 11.9 Å². The number of anilines is 1. The Morgan fingerprint density at radius 2 is 2.04 bits per heavy atom. The van der Waals surface area contributed by atoms with Crippen LogP contribution in [0.3, 0.4) is 0 Å². The molecule has 3 rings (SSSR count). The van der Waals surface area contributed by atoms with Crippen LogP contribution in [0.5, 0.6) is 0 Å². The number of benzene rings is 1. The number of rotatable bonds is 5. The van der Waals surface area contributed by atoms with E-state index in [-0.39, 0.29) is 17.0 Å². The fraction of sp³-hybridized carbons (Fsp3) is 0.471. The smallest absolute Gasteiger partial charge is 0.235 e. The zero-order chi connectivity index (χ0) is 18.7. The van der Waals surface area contributed by atoms with Gasteiger partial charge in [-0.2, -0.15) is 0 Å². The maximum atomic E-state index is 13.8. The number of nitrogens with zero attached hydrogens (tertiary/aromatic N) is 5. The van der Waals surface area contributed by atoms with E-state index in [0.717, 1.165) is 0 Å². The van der Waals surface area contributed by atoms with Gasteiger partial charge in [0.1, 0.15) is 5.82 Å². The van der Waals surface area contributed by atoms with Gasteiger partial charge in [0.05, 0.1) is 24.2 Å². The van der Waals surface area contributed by atoms with Gasteiger partial charge in [-0.15, -0.1) is 10.2 Å². The minimum absolute atomic E-state index is 0.0169. The van der Waals surface area contributed by atoms with E-state index in [9.17, 15) is 9.18 Å². The van der Waals surface area contributed by atoms with Crippen molar-refractivity contribution in [3.63, 3.8) is 0 Å². The third-order valence-electron chi connectivity index (χ3n) is 4.05. The molecule has 0 saturated carbocycles. The molecule has 1 amide bonds. The van der Waals surface area contributed by atoms with Gasteiger partial charge in [-0.05, 0) is 25.1 Å². The largest absolute Gasteiger partial charge is 0.378 e. The number of hydrogen-bond acceptors (Lipinski definition) is 6. The summed E-state index contributed by atoms with van der Waals surface area (Å²) in [5, 5.41) is 8.82. The number of thioether (sulfide) groups is 1. The highest BCUT2D eigenvalue weighted by Gasteiger charge is 2.25. The van der Waals surface area contributed by atoms with E-state index in [4.69, 9.17) is 4.74 Å². The summed E-state index contributed by atoms with van der Waals surface area (Å²) < 4.78 is 21.0. The zero-order valence-corrected chi connectivity index (χ0v) is 15.9. The third-order valence-corrected chi connectivity index (χ3v) is 5.08. The first-order chi connectivity index (χ1) is 12.5. The summed E-state index contributed by atoms with van der Waals surface area (Å²) in [5.74, 6) is 0.278. The second kappa shape index (κ2) is 8.05. The third kappa shape index (κ3) is 3.99. The molecule has 2 aromatic rings. The number of morpholine rings is 1. The van der Waals surface area contributed by atoms with E-state index in [1.807, 2.05) is 6.92 Å². The van der Waals surface area contributed by atoms with Crippen molar-refractivity contribution in [2.45, 2.75) is 17.3 Å². The van der Waals surface area contributed by atoms with Gasteiger partial charge in [-0.25, -0.2) is 4.39 Å². The Balaban J connectivity index is 1.98. The summed E-state index contributed by atoms with van der Waals surface area (Å²) in [4.78, 5) is 15.8. The van der Waals surface area contributed by atoms with Crippen LogP contribution in [0.2, 0.25) is 0 Å². The van der Waals surface area contributed by atoms with Crippen LogP contribution in [0.4, 0.5) is 10.3 Å². The summed E-state index contributed by atoms with van der Waals surface area (Å²) in [6.07, 6.45) is 0. The molecule has 0 radical (unpaired) electrons. The lowest BCUT2D eigenvalue weighted by Gasteiger charge is -2.28. The van der Waals surface area contributed by atoms with Crippen LogP contribution in [-0.2, 0) is 9.53 Å². The van der Waals surface area contributed by atoms with Crippen molar-refractivity contribution in [2.24, 2.45) is 0 Å². The van der Waals surface area contributed by atoms with Gasteiger partial charge >= 0.3 is 0 Å². The van der Waals surface area contributed by atoms with E-state index >= 15 is 0 Å². The van der Waals surface area contributed by atoms with Gasteiger partial charge in [0.15, 0.2) is 5.16 Å². The van der Waals surface area contributed by atoms with Crippen molar-refractivity contribution in [1.82, 2.24) is 19.7 Å². The number of carbonyl (C=O) groups excluding carboxylic acids is 1. The highest BCUT2D eigenvalue weighted by Crippen LogP contribution is 2.30. The minimum Gasteiger partial charge on any atom is -0.378 e. The van der Waals surface area contributed by atoms with Crippen LogP contribution in [-0.4, -0.2) is 71.2 Å². The van der Waals surface area contributed by atoms with Crippen LogP contribution >= 0.6 is 11.8 Å². The van der Waals surface area contributed by atoms with E-state index in [1.165, 1.54) is 23.9 Å². The van der Waals surface area contributed by atoms with Crippen LogP contribution < -0.4 is 4.90 Å². The molecule has 140 valence electrons. The first kappa shape index (κ1) is 18.7. The molecular weight excluding hydrogens is 357 g/mol. The topological polar surface area (TPSA) is 63.5 Å². The van der Waals surface area contributed by atoms with Crippen molar-refractivity contribution in [1.29, 1.82) is 0 Å². The zero-order valence-electron chi connectivity index (χ0n) is 15.1. The van der Waals surface area contributed by atoms with Crippen molar-refractivity contribution in [3.8, 4) is 5.69 Å². The van der Waals surface area contributed by atoms with E-state index in [2.05, 4.69) is 15.1 Å². The second-order valence-electron chi connectivity index (χ2n) is 6.19. The Morgan fingerprint density at radius 3 is 2.69 bits per heavy atom. The predicted octanol–water partition coefficient (Wildman–Crippen LogP) is 1.81. The number of halogens is 1. The summed E-state index contributed by atoms with van der Waals surface area (Å²) >= 11 is 1.31. The van der Waals surface area contributed by atoms with Crippen LogP contribution in [0.15, 0.2) is 29.4 Å². The van der Waals surface area contributed by atoms with E-state index < -0.39 is 0 Å². The summed E-state index contributed by atoms with van der Waals surface area (Å²) in [5.41, 5.74) is 0.628. The predicted molar refractivity (Wildman–Crippen MR) is 98.4 cm³/mol. The Bertz CT molecular complexity index is 776. The van der Waals surface area contributed by atoms with E-state index in [0.29, 0.717) is 43.1 Å². The molecular formula is C17H22FN5O2S. The molecule has 2 heterocycles. The van der Waals surface area contributed by atoms with E-state index in [1.54, 1.807) is 35.7 Å². The maximum Gasteiger partial charge on any atom is 0.235 e. The van der Waals surface area contributed by atoms with Gasteiger partial charge in [0.25, 0.3) is 0 Å². The maximum absolute atomic E-state index is 13.8. The van der Waals surface area contributed by atoms with Crippen molar-refractivity contribution in [3.05, 3.63) is 30.1 Å². The van der Waals surface area contributed by atoms with Crippen molar-refractivity contribution < 1.29 is 13.9 Å². The summed E-state index contributed by atoms with van der Waals surface area (Å²) in [6.45, 7) is 4.41. The Labute approximate surface area is 156 Å². The number of hydrogen-bond donors (Lipinski definition) is 0. The molecule has 0 N–H and O–H groups in total. The molecule has 0 unspecified atom stereocenters. The van der Waals surface area contributed by atoms with Crippen LogP contribution in [0.25, 0.3) is 5.69 Å². The molecule has 1 aromatic carbocycles. The van der Waals surface area contributed by atoms with Crippen LogP contribution in [0, 0.1) is 5.82 Å². The van der Waals surface area contributed by atoms with Crippen LogP contribution in [0.1, 0.15) is 6.92 Å². The Hall–Kier alpha value is -2.13. The van der Waals surface area contributed by atoms with Gasteiger partial charge < -0.3 is 14.5 Å². The number of carbonyl (C=O) groups is 1. The fourth-order valence-electron chi connectivity index (χ4n) is 2.72. The normalized spacial score (nSPS) is 15.8. The molecule has 0 bridgehead atoms. The first-order valence-corrected chi connectivity index (χ1v) is 9.27. The standard InChI is InChI=1S/C17H22FN5O2S/c1-12(15(24)21(2)3)26-17-20-19-16(22-7-9-25-10-8-22)23(17)14-6-4-5-13(18)11-14/h4-6,11-12H,7-10H2,1-3H3/t12-/m1/s1. The lowest BCUT2D eigenvalue weighted by Crippen LogP contribution is -2.38. The van der Waals surface area contributed by atoms with Crippen molar-refractivity contribution >= 4 is 23.6 Å². The molecule has 1 fully saturated rings. The number of aromatic nitrogens is 3. The second-order valence-corrected chi connectivity index (χ2v) is 7.50. The molecule has 1 saturated heterocycles. The molecule has 9 heteroatoms. The first-order valence-electron chi connectivity index (χ1n) is 8.39. The highest BCUT2D eigenvalue weighted by molar-refractivity contribution is 8.00. The lowest BCUT2D eigenvalue weighted by atomic mass is 10.3. The van der Waals surface area contributed by atoms with Crippen molar-refractivity contribution in [2.75, 3.05) is 45.3 Å². The summed E-state index contributed by atoms with van der Waals surface area (Å²) in [6, 6.07) is 6.29. The molecule has 1 aliphatic rings. The lowest BCUT2D eigenvalue weighted by molar-refractivity contribution is -0.127. The average Bonchev–Trinajstić information content (AvgIpc) is 3.05. The molecule has 26 heavy (non-hydrogen) atoms. The highest BCUT2D eigenvalue weighted by atomic mass is 32.2. The summed E-state index contributed by atoms with van der Waals surface area (Å²) in [7, 11) is 3.44. The fourth-order valence-corrected chi connectivity index (χ4v) is 3.73. The number of ether oxygens (including phenoxy) is 1. The quantitative estimate of drug-likeness (QED) is 0.739. The molecule has 1 aliphatic heterocycles. The molecule has 0 spiro atoms. The molecule has 1 aromatic heterocycles. The minimum atomic E-state index is -0.336. The monoisotopic (exact) mass is 379 g/mol. The SMILES string of the molecule is C[C@@H](Sc1nnc(N2CCOCC2)n1-c1cccc(F)c1)C(=O)N(C)C.